The lowest BCUT2D eigenvalue weighted by Gasteiger charge is -2.12. The molecule has 3 aromatic heterocycles. The molecule has 0 spiro atoms. The van der Waals surface area contributed by atoms with Gasteiger partial charge in [0.15, 0.2) is 0 Å². The van der Waals surface area contributed by atoms with Gasteiger partial charge in [-0.2, -0.15) is 0 Å². The molecule has 0 N–H and O–H groups in total. The van der Waals surface area contributed by atoms with Crippen LogP contribution in [0.25, 0.3) is 78.4 Å². The highest BCUT2D eigenvalue weighted by Crippen LogP contribution is 2.32. The monoisotopic (exact) mass is 617 g/mol. The van der Waals surface area contributed by atoms with Crippen LogP contribution >= 0.6 is 0 Å². The summed E-state index contributed by atoms with van der Waals surface area (Å²) in [7, 11) is 0. The van der Waals surface area contributed by atoms with Crippen molar-refractivity contribution in [2.45, 2.75) is 0 Å². The van der Waals surface area contributed by atoms with Crippen molar-refractivity contribution in [2.75, 3.05) is 0 Å². The summed E-state index contributed by atoms with van der Waals surface area (Å²) < 4.78 is 3.57. The molecule has 0 aliphatic heterocycles. The van der Waals surface area contributed by atoms with Crippen LogP contribution < -0.4 is 5.56 Å². The zero-order chi connectivity index (χ0) is 32.0. The molecule has 0 radical (unpaired) electrons. The molecule has 6 aromatic carbocycles. The molecule has 48 heavy (non-hydrogen) atoms. The van der Waals surface area contributed by atoms with Gasteiger partial charge in [-0.1, -0.05) is 121 Å². The first-order chi connectivity index (χ1) is 23.7. The van der Waals surface area contributed by atoms with Crippen molar-refractivity contribution in [3.63, 3.8) is 0 Å². The maximum absolute atomic E-state index is 13.9. The number of aromatic nitrogens is 5. The van der Waals surface area contributed by atoms with Gasteiger partial charge in [0.1, 0.15) is 0 Å². The highest BCUT2D eigenvalue weighted by molar-refractivity contribution is 5.87. The molecule has 226 valence electrons. The Kier molecular flexibility index (Phi) is 6.50. The quantitative estimate of drug-likeness (QED) is 0.193. The smallest absolute Gasteiger partial charge is 0.267 e. The minimum atomic E-state index is -0.131. The van der Waals surface area contributed by atoms with Crippen LogP contribution in [-0.2, 0) is 0 Å². The number of hydrogen-bond donors (Lipinski definition) is 0. The zero-order valence-corrected chi connectivity index (χ0v) is 25.7. The SMILES string of the molecule is O=c1c2ccccc2nc2n(-c3nc(-c4cccc(-c5ccccc5)c4)cc(-c4cccc(-c5ccccc5)c4)n3)c3ccccc3n12. The summed E-state index contributed by atoms with van der Waals surface area (Å²) in [6.45, 7) is 0. The van der Waals surface area contributed by atoms with Crippen LogP contribution in [0.3, 0.4) is 0 Å². The second-order valence-corrected chi connectivity index (χ2v) is 11.7. The van der Waals surface area contributed by atoms with E-state index in [0.29, 0.717) is 22.6 Å². The Morgan fingerprint density at radius 2 is 0.917 bits per heavy atom. The highest BCUT2D eigenvalue weighted by atomic mass is 16.1. The fourth-order valence-electron chi connectivity index (χ4n) is 6.44. The molecule has 9 rings (SSSR count). The summed E-state index contributed by atoms with van der Waals surface area (Å²) in [4.78, 5) is 29.3. The van der Waals surface area contributed by atoms with E-state index in [2.05, 4.69) is 72.8 Å². The van der Waals surface area contributed by atoms with Crippen LogP contribution in [0.5, 0.6) is 0 Å². The van der Waals surface area contributed by atoms with E-state index in [-0.39, 0.29) is 5.56 Å². The second kappa shape index (κ2) is 11.3. The number of para-hydroxylation sites is 3. The number of fused-ring (bicyclic) bond motifs is 4. The molecule has 6 nitrogen and oxygen atoms in total. The number of imidazole rings is 1. The van der Waals surface area contributed by atoms with E-state index in [4.69, 9.17) is 15.0 Å². The van der Waals surface area contributed by atoms with E-state index >= 15 is 0 Å². The minimum Gasteiger partial charge on any atom is -0.268 e. The topological polar surface area (TPSA) is 65.1 Å². The Labute approximate surface area is 275 Å². The van der Waals surface area contributed by atoms with Crippen molar-refractivity contribution in [1.29, 1.82) is 0 Å². The van der Waals surface area contributed by atoms with Gasteiger partial charge in [0, 0.05) is 11.1 Å². The summed E-state index contributed by atoms with van der Waals surface area (Å²) in [5.41, 5.74) is 9.89. The van der Waals surface area contributed by atoms with Crippen molar-refractivity contribution >= 4 is 27.7 Å². The van der Waals surface area contributed by atoms with Gasteiger partial charge < -0.3 is 0 Å². The third-order valence-electron chi connectivity index (χ3n) is 8.77. The van der Waals surface area contributed by atoms with E-state index < -0.39 is 0 Å². The molecule has 0 aliphatic carbocycles. The lowest BCUT2D eigenvalue weighted by atomic mass is 9.99. The molecular weight excluding hydrogens is 590 g/mol. The molecule has 0 saturated heterocycles. The third kappa shape index (κ3) is 4.66. The van der Waals surface area contributed by atoms with Crippen LogP contribution in [0.2, 0.25) is 0 Å². The van der Waals surface area contributed by atoms with Crippen LogP contribution in [-0.4, -0.2) is 23.9 Å². The summed E-state index contributed by atoms with van der Waals surface area (Å²) in [6, 6.07) is 54.8. The number of hydrogen-bond acceptors (Lipinski definition) is 4. The Balaban J connectivity index is 1.33. The van der Waals surface area contributed by atoms with Crippen molar-refractivity contribution in [1.82, 2.24) is 23.9 Å². The van der Waals surface area contributed by atoms with Crippen LogP contribution in [0.4, 0.5) is 0 Å². The molecule has 3 heterocycles. The van der Waals surface area contributed by atoms with E-state index in [1.807, 2.05) is 95.6 Å². The molecular formula is C42H27N5O. The summed E-state index contributed by atoms with van der Waals surface area (Å²) >= 11 is 0. The summed E-state index contributed by atoms with van der Waals surface area (Å²) in [5, 5.41) is 0.559. The standard InChI is InChI=1S/C42H27N5O/c48-40-34-21-7-8-22-35(34)45-42-46(40)38-23-9-10-24-39(38)47(42)41-43-36(32-19-11-17-30(25-32)28-13-3-1-4-14-28)27-37(44-41)33-20-12-18-31(26-33)29-15-5-2-6-16-29/h1-27H. The Morgan fingerprint density at radius 1 is 0.417 bits per heavy atom. The fourth-order valence-corrected chi connectivity index (χ4v) is 6.44. The molecule has 0 fully saturated rings. The lowest BCUT2D eigenvalue weighted by molar-refractivity contribution is 0.955. The van der Waals surface area contributed by atoms with Crippen molar-refractivity contribution in [3.05, 3.63) is 174 Å². The van der Waals surface area contributed by atoms with Crippen LogP contribution in [0.1, 0.15) is 0 Å². The fraction of sp³-hybridized carbons (Fsp3) is 0. The van der Waals surface area contributed by atoms with E-state index in [9.17, 15) is 4.79 Å². The zero-order valence-electron chi connectivity index (χ0n) is 25.7. The average Bonchev–Trinajstić information content (AvgIpc) is 3.50. The largest absolute Gasteiger partial charge is 0.268 e. The predicted molar refractivity (Wildman–Crippen MR) is 193 cm³/mol. The molecule has 6 heteroatoms. The van der Waals surface area contributed by atoms with Crippen LogP contribution in [0, 0.1) is 0 Å². The molecule has 0 unspecified atom stereocenters. The van der Waals surface area contributed by atoms with Gasteiger partial charge in [0.25, 0.3) is 5.56 Å². The average molecular weight is 618 g/mol. The lowest BCUT2D eigenvalue weighted by Crippen LogP contribution is -2.15. The Morgan fingerprint density at radius 3 is 1.54 bits per heavy atom. The summed E-state index contributed by atoms with van der Waals surface area (Å²) in [5.74, 6) is 0.887. The predicted octanol–water partition coefficient (Wildman–Crippen LogP) is 9.25. The molecule has 0 bridgehead atoms. The van der Waals surface area contributed by atoms with Gasteiger partial charge in [0.2, 0.25) is 11.7 Å². The van der Waals surface area contributed by atoms with Gasteiger partial charge in [-0.15, -0.1) is 0 Å². The van der Waals surface area contributed by atoms with Gasteiger partial charge in [-0.3, -0.25) is 4.79 Å². The normalized spacial score (nSPS) is 11.4. The van der Waals surface area contributed by atoms with Gasteiger partial charge in [-0.25, -0.2) is 23.9 Å². The van der Waals surface area contributed by atoms with Gasteiger partial charge in [-0.05, 0) is 64.7 Å². The third-order valence-corrected chi connectivity index (χ3v) is 8.77. The van der Waals surface area contributed by atoms with Crippen molar-refractivity contribution in [3.8, 4) is 50.7 Å². The Hall–Kier alpha value is -6.66. The van der Waals surface area contributed by atoms with Gasteiger partial charge in [0.05, 0.1) is 33.3 Å². The van der Waals surface area contributed by atoms with E-state index in [1.54, 1.807) is 4.40 Å². The second-order valence-electron chi connectivity index (χ2n) is 11.7. The van der Waals surface area contributed by atoms with Gasteiger partial charge >= 0.3 is 0 Å². The highest BCUT2D eigenvalue weighted by Gasteiger charge is 2.20. The molecule has 0 atom stereocenters. The Bertz CT molecular complexity index is 2590. The maximum Gasteiger partial charge on any atom is 0.267 e. The minimum absolute atomic E-state index is 0.131. The molecule has 0 aliphatic rings. The van der Waals surface area contributed by atoms with Crippen molar-refractivity contribution < 1.29 is 0 Å². The number of benzene rings is 6. The molecule has 0 amide bonds. The van der Waals surface area contributed by atoms with E-state index in [1.165, 1.54) is 0 Å². The number of nitrogens with zero attached hydrogens (tertiary/aromatic N) is 5. The van der Waals surface area contributed by atoms with Crippen molar-refractivity contribution in [2.24, 2.45) is 0 Å². The van der Waals surface area contributed by atoms with Crippen LogP contribution in [0.15, 0.2) is 169 Å². The number of rotatable bonds is 5. The molecule has 9 aromatic rings. The first kappa shape index (κ1) is 27.6. The first-order valence-corrected chi connectivity index (χ1v) is 15.8. The molecule has 0 saturated carbocycles. The maximum atomic E-state index is 13.9. The summed E-state index contributed by atoms with van der Waals surface area (Å²) in [6.07, 6.45) is 0. The van der Waals surface area contributed by atoms with E-state index in [0.717, 1.165) is 55.8 Å². The first-order valence-electron chi connectivity index (χ1n) is 15.8.